The highest BCUT2D eigenvalue weighted by Crippen LogP contribution is 2.26. The fourth-order valence-corrected chi connectivity index (χ4v) is 3.65. The number of rotatable bonds is 12. The van der Waals surface area contributed by atoms with Crippen LogP contribution in [0.1, 0.15) is 97.3 Å². The Morgan fingerprint density at radius 1 is 1.05 bits per heavy atom. The zero-order valence-electron chi connectivity index (χ0n) is 26.1. The minimum Gasteiger partial charge on any atom is -0.381 e. The van der Waals surface area contributed by atoms with Crippen LogP contribution in [-0.4, -0.2) is 26.2 Å². The van der Waals surface area contributed by atoms with Gasteiger partial charge in [-0.25, -0.2) is 4.39 Å². The van der Waals surface area contributed by atoms with Crippen LogP contribution in [0.25, 0.3) is 0 Å². The van der Waals surface area contributed by atoms with Crippen molar-refractivity contribution < 1.29 is 13.9 Å². The van der Waals surface area contributed by atoms with Gasteiger partial charge in [0.25, 0.3) is 0 Å². The zero-order chi connectivity index (χ0) is 30.3. The number of ether oxygens (including phenoxy) is 1. The van der Waals surface area contributed by atoms with Crippen molar-refractivity contribution in [1.29, 1.82) is 5.26 Å². The van der Waals surface area contributed by atoms with Crippen molar-refractivity contribution in [3.8, 4) is 6.07 Å². The second kappa shape index (κ2) is 31.9. The summed E-state index contributed by atoms with van der Waals surface area (Å²) >= 11 is 1.75. The number of benzene rings is 2. The number of nitrogens with zero attached hydrogens (tertiary/aromatic N) is 1. The molecule has 1 atom stereocenters. The standard InChI is InChI=1S/C15H15FS.C10H22O.C3H4N2O.C3H8.C2H6/c1-11-7-8-13(9-14(11)16)10-17-15-6-4-3-5-12(15)2;1-4-8-11-9-6-7-10(3)5-2;4-1-2-5-3-6;1-3-2;1-2/h3-9H,10H2,1-2H3;10H,4-9H2,1-3H3;3H,2H2,(H,5,6);3H2,1-2H3;1-2H3. The highest BCUT2D eigenvalue weighted by atomic mass is 32.2. The Kier molecular flexibility index (Phi) is 33.6. The Morgan fingerprint density at radius 3 is 2.18 bits per heavy atom. The van der Waals surface area contributed by atoms with E-state index in [-0.39, 0.29) is 12.4 Å². The van der Waals surface area contributed by atoms with Crippen molar-refractivity contribution in [2.75, 3.05) is 19.8 Å². The van der Waals surface area contributed by atoms with Crippen molar-refractivity contribution in [2.45, 2.75) is 105 Å². The lowest BCUT2D eigenvalue weighted by atomic mass is 10.0. The lowest BCUT2D eigenvalue weighted by Gasteiger charge is -2.07. The van der Waals surface area contributed by atoms with E-state index < -0.39 is 0 Å². The summed E-state index contributed by atoms with van der Waals surface area (Å²) in [6.45, 7) is 20.8. The fourth-order valence-electron chi connectivity index (χ4n) is 2.68. The minimum atomic E-state index is -0.118. The van der Waals surface area contributed by atoms with Gasteiger partial charge in [0.2, 0.25) is 6.41 Å². The molecule has 0 bridgehead atoms. The Balaban J connectivity index is -0.000000507. The van der Waals surface area contributed by atoms with Crippen molar-refractivity contribution in [3.05, 3.63) is 65.0 Å². The van der Waals surface area contributed by atoms with Gasteiger partial charge in [-0.05, 0) is 67.9 Å². The largest absolute Gasteiger partial charge is 0.381 e. The maximum atomic E-state index is 13.4. The zero-order valence-corrected chi connectivity index (χ0v) is 26.9. The Labute approximate surface area is 244 Å². The van der Waals surface area contributed by atoms with Crippen molar-refractivity contribution in [3.63, 3.8) is 0 Å². The number of carbonyl (C=O) groups excluding carboxylic acids is 1. The summed E-state index contributed by atoms with van der Waals surface area (Å²) in [4.78, 5) is 10.6. The van der Waals surface area contributed by atoms with E-state index in [0.717, 1.165) is 36.9 Å². The summed E-state index contributed by atoms with van der Waals surface area (Å²) in [5, 5.41) is 9.88. The molecule has 2 aromatic rings. The first kappa shape index (κ1) is 41.1. The molecule has 1 N–H and O–H groups in total. The number of hydrogen-bond donors (Lipinski definition) is 1. The molecule has 0 aliphatic carbocycles. The third-order valence-electron chi connectivity index (χ3n) is 5.02. The van der Waals surface area contributed by atoms with E-state index in [1.807, 2.05) is 38.1 Å². The molecule has 1 amide bonds. The van der Waals surface area contributed by atoms with Crippen LogP contribution in [0.3, 0.4) is 0 Å². The molecular formula is C33H55FN2O2S. The van der Waals surface area contributed by atoms with Gasteiger partial charge < -0.3 is 10.1 Å². The molecule has 4 nitrogen and oxygen atoms in total. The maximum absolute atomic E-state index is 13.4. The molecule has 0 fully saturated rings. The van der Waals surface area contributed by atoms with Gasteiger partial charge in [-0.15, -0.1) is 11.8 Å². The minimum absolute atomic E-state index is 0.101. The molecule has 0 saturated carbocycles. The second-order valence-electron chi connectivity index (χ2n) is 8.77. The summed E-state index contributed by atoms with van der Waals surface area (Å²) in [5.41, 5.74) is 3.00. The molecule has 0 aliphatic heterocycles. The molecule has 39 heavy (non-hydrogen) atoms. The molecule has 0 heterocycles. The number of nitrogens with one attached hydrogen (secondary N) is 1. The van der Waals surface area contributed by atoms with E-state index in [0.29, 0.717) is 12.0 Å². The second-order valence-corrected chi connectivity index (χ2v) is 9.79. The van der Waals surface area contributed by atoms with Crippen LogP contribution in [0.2, 0.25) is 0 Å². The van der Waals surface area contributed by atoms with Crippen LogP contribution in [0.15, 0.2) is 47.4 Å². The first-order valence-electron chi connectivity index (χ1n) is 14.4. The van der Waals surface area contributed by atoms with Gasteiger partial charge in [0.1, 0.15) is 12.4 Å². The molecule has 1 unspecified atom stereocenters. The molecule has 6 heteroatoms. The van der Waals surface area contributed by atoms with Crippen molar-refractivity contribution in [2.24, 2.45) is 5.92 Å². The molecule has 0 aromatic heterocycles. The third kappa shape index (κ3) is 27.0. The number of halogens is 1. The topological polar surface area (TPSA) is 62.1 Å². The number of thioether (sulfide) groups is 1. The van der Waals surface area contributed by atoms with Gasteiger partial charge in [-0.3, -0.25) is 4.79 Å². The van der Waals surface area contributed by atoms with E-state index in [1.165, 1.54) is 36.1 Å². The molecule has 222 valence electrons. The molecule has 0 spiro atoms. The normalized spacial score (nSPS) is 9.87. The SMILES string of the molecule is CC.CCC.CCCOCCCC(C)CC.Cc1ccc(CSc2ccccc2C)cc1F.N#CCNC=O. The van der Waals surface area contributed by atoms with Gasteiger partial charge in [0.15, 0.2) is 0 Å². The average Bonchev–Trinajstić information content (AvgIpc) is 2.95. The number of hydrogen-bond acceptors (Lipinski definition) is 4. The van der Waals surface area contributed by atoms with Gasteiger partial charge >= 0.3 is 0 Å². The van der Waals surface area contributed by atoms with E-state index in [1.54, 1.807) is 30.8 Å². The maximum Gasteiger partial charge on any atom is 0.207 e. The molecule has 0 radical (unpaired) electrons. The first-order valence-corrected chi connectivity index (χ1v) is 15.3. The third-order valence-corrected chi connectivity index (χ3v) is 6.27. The summed E-state index contributed by atoms with van der Waals surface area (Å²) in [6, 6.07) is 15.4. The van der Waals surface area contributed by atoms with Crippen LogP contribution in [0.4, 0.5) is 4.39 Å². The average molecular weight is 563 g/mol. The quantitative estimate of drug-likeness (QED) is 0.121. The number of carbonyl (C=O) groups is 1. The van der Waals surface area contributed by atoms with Crippen LogP contribution in [0.5, 0.6) is 0 Å². The monoisotopic (exact) mass is 562 g/mol. The van der Waals surface area contributed by atoms with Crippen molar-refractivity contribution in [1.82, 2.24) is 5.32 Å². The number of aryl methyl sites for hydroxylation is 2. The van der Waals surface area contributed by atoms with Crippen LogP contribution >= 0.6 is 11.8 Å². The summed E-state index contributed by atoms with van der Waals surface area (Å²) < 4.78 is 18.8. The van der Waals surface area contributed by atoms with Gasteiger partial charge in [-0.2, -0.15) is 5.26 Å². The van der Waals surface area contributed by atoms with Gasteiger partial charge in [0.05, 0.1) is 6.07 Å². The predicted octanol–water partition coefficient (Wildman–Crippen LogP) is 9.67. The van der Waals surface area contributed by atoms with Gasteiger partial charge in [0, 0.05) is 23.9 Å². The molecule has 2 aromatic carbocycles. The molecule has 2 rings (SSSR count). The van der Waals surface area contributed by atoms with E-state index >= 15 is 0 Å². The summed E-state index contributed by atoms with van der Waals surface area (Å²) in [7, 11) is 0. The highest BCUT2D eigenvalue weighted by Gasteiger charge is 2.02. The van der Waals surface area contributed by atoms with Crippen molar-refractivity contribution >= 4 is 18.2 Å². The van der Waals surface area contributed by atoms with E-state index in [2.05, 4.69) is 59.0 Å². The Bertz CT molecular complexity index is 856. The Morgan fingerprint density at radius 2 is 1.69 bits per heavy atom. The first-order chi connectivity index (χ1) is 18.8. The van der Waals surface area contributed by atoms with Crippen LogP contribution < -0.4 is 5.32 Å². The van der Waals surface area contributed by atoms with Crippen LogP contribution in [-0.2, 0) is 15.3 Å². The predicted molar refractivity (Wildman–Crippen MR) is 169 cm³/mol. The molecule has 0 saturated heterocycles. The molecular weight excluding hydrogens is 507 g/mol. The van der Waals surface area contributed by atoms with E-state index in [9.17, 15) is 9.18 Å². The Hall–Kier alpha value is -2.36. The number of amides is 1. The molecule has 0 aliphatic rings. The lowest BCUT2D eigenvalue weighted by Crippen LogP contribution is -2.09. The fraction of sp³-hybridized carbons (Fsp3) is 0.576. The lowest BCUT2D eigenvalue weighted by molar-refractivity contribution is -0.109. The summed E-state index contributed by atoms with van der Waals surface area (Å²) in [6.07, 6.45) is 6.73. The smallest absolute Gasteiger partial charge is 0.207 e. The number of nitriles is 1. The van der Waals surface area contributed by atoms with Crippen LogP contribution in [0, 0.1) is 36.9 Å². The van der Waals surface area contributed by atoms with Gasteiger partial charge in [-0.1, -0.05) is 91.6 Å². The van der Waals surface area contributed by atoms with E-state index in [4.69, 9.17) is 10.00 Å². The summed E-state index contributed by atoms with van der Waals surface area (Å²) in [5.74, 6) is 1.57. The highest BCUT2D eigenvalue weighted by molar-refractivity contribution is 7.98.